The van der Waals surface area contributed by atoms with Gasteiger partial charge >= 0.3 is 0 Å². The van der Waals surface area contributed by atoms with Crippen LogP contribution in [0.1, 0.15) is 13.3 Å². The molecular formula is C13H21ClN2O2. The van der Waals surface area contributed by atoms with Gasteiger partial charge in [-0.3, -0.25) is 11.3 Å². The molecule has 0 aliphatic rings. The van der Waals surface area contributed by atoms with Gasteiger partial charge in [0.25, 0.3) is 0 Å². The standard InChI is InChI=1S/C13H21ClN2O2/c1-10(7-8-17-2)13(16-15)9-18-12-5-3-11(14)4-6-12/h3-6,10,13,16H,7-9,15H2,1-2H3. The van der Waals surface area contributed by atoms with E-state index in [0.717, 1.165) is 18.8 Å². The fraction of sp³-hybridized carbons (Fsp3) is 0.538. The molecule has 1 aromatic rings. The summed E-state index contributed by atoms with van der Waals surface area (Å²) < 4.78 is 10.7. The zero-order chi connectivity index (χ0) is 13.4. The van der Waals surface area contributed by atoms with Gasteiger partial charge in [-0.1, -0.05) is 18.5 Å². The minimum atomic E-state index is 0.0934. The van der Waals surface area contributed by atoms with Crippen molar-refractivity contribution in [3.63, 3.8) is 0 Å². The Labute approximate surface area is 113 Å². The predicted molar refractivity (Wildman–Crippen MR) is 73.7 cm³/mol. The third kappa shape index (κ3) is 5.23. The van der Waals surface area contributed by atoms with E-state index in [4.69, 9.17) is 26.9 Å². The molecule has 0 radical (unpaired) electrons. The summed E-state index contributed by atoms with van der Waals surface area (Å²) in [7, 11) is 1.70. The summed E-state index contributed by atoms with van der Waals surface area (Å²) in [5.41, 5.74) is 2.79. The van der Waals surface area contributed by atoms with Crippen molar-refractivity contribution in [2.45, 2.75) is 19.4 Å². The van der Waals surface area contributed by atoms with Gasteiger partial charge in [0, 0.05) is 18.7 Å². The Morgan fingerprint density at radius 3 is 2.56 bits per heavy atom. The Balaban J connectivity index is 2.41. The number of nitrogens with one attached hydrogen (secondary N) is 1. The number of hydrogen-bond donors (Lipinski definition) is 2. The van der Waals surface area contributed by atoms with Gasteiger partial charge < -0.3 is 9.47 Å². The predicted octanol–water partition coefficient (Wildman–Crippen LogP) is 2.22. The fourth-order valence-corrected chi connectivity index (χ4v) is 1.72. The first-order valence-electron chi connectivity index (χ1n) is 6.00. The van der Waals surface area contributed by atoms with Crippen molar-refractivity contribution in [3.05, 3.63) is 29.3 Å². The lowest BCUT2D eigenvalue weighted by Crippen LogP contribution is -2.44. The summed E-state index contributed by atoms with van der Waals surface area (Å²) in [4.78, 5) is 0. The van der Waals surface area contributed by atoms with E-state index in [0.29, 0.717) is 17.5 Å². The lowest BCUT2D eigenvalue weighted by atomic mass is 10.00. The van der Waals surface area contributed by atoms with Crippen molar-refractivity contribution in [1.29, 1.82) is 0 Å². The Kier molecular flexibility index (Phi) is 7.05. The van der Waals surface area contributed by atoms with Crippen LogP contribution in [0.5, 0.6) is 5.75 Å². The second-order valence-corrected chi connectivity index (χ2v) is 4.73. The van der Waals surface area contributed by atoms with E-state index < -0.39 is 0 Å². The summed E-state index contributed by atoms with van der Waals surface area (Å²) in [5, 5.41) is 0.698. The average molecular weight is 273 g/mol. The van der Waals surface area contributed by atoms with Crippen molar-refractivity contribution in [2.24, 2.45) is 11.8 Å². The summed E-state index contributed by atoms with van der Waals surface area (Å²) in [6.45, 7) is 3.36. The molecule has 0 spiro atoms. The molecule has 1 aromatic carbocycles. The third-order valence-corrected chi connectivity index (χ3v) is 3.17. The lowest BCUT2D eigenvalue weighted by Gasteiger charge is -2.23. The summed E-state index contributed by atoms with van der Waals surface area (Å²) >= 11 is 5.81. The topological polar surface area (TPSA) is 56.5 Å². The van der Waals surface area contributed by atoms with E-state index in [2.05, 4.69) is 12.3 Å². The van der Waals surface area contributed by atoms with E-state index in [-0.39, 0.29) is 6.04 Å². The van der Waals surface area contributed by atoms with E-state index in [9.17, 15) is 0 Å². The molecule has 1 rings (SSSR count). The molecule has 0 fully saturated rings. The van der Waals surface area contributed by atoms with Crippen LogP contribution in [0, 0.1) is 5.92 Å². The van der Waals surface area contributed by atoms with Crippen LogP contribution in [-0.2, 0) is 4.74 Å². The molecule has 0 aliphatic heterocycles. The Hall–Kier alpha value is -0.810. The Morgan fingerprint density at radius 1 is 1.33 bits per heavy atom. The van der Waals surface area contributed by atoms with Crippen LogP contribution >= 0.6 is 11.6 Å². The number of nitrogens with two attached hydrogens (primary N) is 1. The Morgan fingerprint density at radius 2 is 2.00 bits per heavy atom. The number of hydrogen-bond acceptors (Lipinski definition) is 4. The van der Waals surface area contributed by atoms with Crippen molar-refractivity contribution >= 4 is 11.6 Å². The maximum absolute atomic E-state index is 5.81. The van der Waals surface area contributed by atoms with Gasteiger partial charge in [0.1, 0.15) is 12.4 Å². The second kappa shape index (κ2) is 8.32. The number of hydrazine groups is 1. The maximum Gasteiger partial charge on any atom is 0.119 e. The number of halogens is 1. The van der Waals surface area contributed by atoms with E-state index in [1.807, 2.05) is 12.1 Å². The van der Waals surface area contributed by atoms with Gasteiger partial charge in [-0.2, -0.15) is 0 Å². The highest BCUT2D eigenvalue weighted by Crippen LogP contribution is 2.16. The SMILES string of the molecule is COCCC(C)C(COc1ccc(Cl)cc1)NN. The molecule has 0 saturated carbocycles. The van der Waals surface area contributed by atoms with Crippen molar-refractivity contribution in [2.75, 3.05) is 20.3 Å². The fourth-order valence-electron chi connectivity index (χ4n) is 1.60. The highest BCUT2D eigenvalue weighted by Gasteiger charge is 2.16. The molecule has 5 heteroatoms. The summed E-state index contributed by atoms with van der Waals surface area (Å²) in [5.74, 6) is 6.71. The molecule has 0 aromatic heterocycles. The highest BCUT2D eigenvalue weighted by atomic mass is 35.5. The van der Waals surface area contributed by atoms with E-state index in [1.165, 1.54) is 0 Å². The number of benzene rings is 1. The minimum absolute atomic E-state index is 0.0934. The molecule has 0 saturated heterocycles. The van der Waals surface area contributed by atoms with Gasteiger partial charge in [0.15, 0.2) is 0 Å². The van der Waals surface area contributed by atoms with Gasteiger partial charge in [-0.15, -0.1) is 0 Å². The molecule has 3 N–H and O–H groups in total. The highest BCUT2D eigenvalue weighted by molar-refractivity contribution is 6.30. The maximum atomic E-state index is 5.81. The molecule has 102 valence electrons. The van der Waals surface area contributed by atoms with E-state index >= 15 is 0 Å². The van der Waals surface area contributed by atoms with Gasteiger partial charge in [0.2, 0.25) is 0 Å². The molecule has 0 amide bonds. The van der Waals surface area contributed by atoms with Crippen LogP contribution in [0.2, 0.25) is 5.02 Å². The summed E-state index contributed by atoms with van der Waals surface area (Å²) in [6.07, 6.45) is 0.940. The van der Waals surface area contributed by atoms with Crippen LogP contribution in [0.25, 0.3) is 0 Å². The molecule has 0 bridgehead atoms. The molecule has 18 heavy (non-hydrogen) atoms. The van der Waals surface area contributed by atoms with Crippen molar-refractivity contribution in [3.8, 4) is 5.75 Å². The molecule has 4 nitrogen and oxygen atoms in total. The molecule has 2 atom stereocenters. The molecular weight excluding hydrogens is 252 g/mol. The first kappa shape index (κ1) is 15.2. The van der Waals surface area contributed by atoms with E-state index in [1.54, 1.807) is 19.2 Å². The number of ether oxygens (including phenoxy) is 2. The Bertz CT molecular complexity index is 332. The second-order valence-electron chi connectivity index (χ2n) is 4.30. The van der Waals surface area contributed by atoms with Gasteiger partial charge in [-0.05, 0) is 36.6 Å². The van der Waals surface area contributed by atoms with Crippen molar-refractivity contribution in [1.82, 2.24) is 5.43 Å². The number of rotatable bonds is 8. The van der Waals surface area contributed by atoms with Gasteiger partial charge in [-0.25, -0.2) is 0 Å². The normalized spacial score (nSPS) is 14.2. The summed E-state index contributed by atoms with van der Waals surface area (Å²) in [6, 6.07) is 7.38. The van der Waals surface area contributed by atoms with Crippen LogP contribution in [0.15, 0.2) is 24.3 Å². The zero-order valence-electron chi connectivity index (χ0n) is 10.9. The number of methoxy groups -OCH3 is 1. The zero-order valence-corrected chi connectivity index (χ0v) is 11.6. The molecule has 0 aliphatic carbocycles. The molecule has 0 heterocycles. The van der Waals surface area contributed by atoms with Crippen LogP contribution in [0.4, 0.5) is 0 Å². The lowest BCUT2D eigenvalue weighted by molar-refractivity contribution is 0.154. The quantitative estimate of drug-likeness (QED) is 0.563. The van der Waals surface area contributed by atoms with Crippen LogP contribution in [0.3, 0.4) is 0 Å². The molecule has 2 unspecified atom stereocenters. The average Bonchev–Trinajstić information content (AvgIpc) is 2.39. The first-order valence-corrected chi connectivity index (χ1v) is 6.38. The van der Waals surface area contributed by atoms with Crippen molar-refractivity contribution < 1.29 is 9.47 Å². The van der Waals surface area contributed by atoms with Crippen LogP contribution in [-0.4, -0.2) is 26.4 Å². The van der Waals surface area contributed by atoms with Gasteiger partial charge in [0.05, 0.1) is 6.04 Å². The monoisotopic (exact) mass is 272 g/mol. The van der Waals surface area contributed by atoms with Crippen LogP contribution < -0.4 is 16.0 Å². The first-order chi connectivity index (χ1) is 8.67. The largest absolute Gasteiger partial charge is 0.492 e. The minimum Gasteiger partial charge on any atom is -0.492 e. The smallest absolute Gasteiger partial charge is 0.119 e. The third-order valence-electron chi connectivity index (χ3n) is 2.92.